The first-order valence-corrected chi connectivity index (χ1v) is 7.97. The minimum atomic E-state index is -0.332. The Morgan fingerprint density at radius 3 is 2.29 bits per heavy atom. The van der Waals surface area contributed by atoms with Crippen LogP contribution in [-0.2, 0) is 14.3 Å². The van der Waals surface area contributed by atoms with Crippen LogP contribution in [0.4, 0.5) is 5.69 Å². The van der Waals surface area contributed by atoms with Gasteiger partial charge in [-0.1, -0.05) is 13.3 Å². The smallest absolute Gasteiger partial charge is 0.308 e. The molecule has 1 aromatic carbocycles. The highest BCUT2D eigenvalue weighted by Gasteiger charge is 2.11. The van der Waals surface area contributed by atoms with E-state index in [4.69, 9.17) is 4.74 Å². The first kappa shape index (κ1) is 17.7. The van der Waals surface area contributed by atoms with Crippen LogP contribution in [0.15, 0.2) is 27.8 Å². The molecule has 0 spiro atoms. The lowest BCUT2D eigenvalue weighted by Crippen LogP contribution is -2.06. The summed E-state index contributed by atoms with van der Waals surface area (Å²) < 4.78 is 6.39. The zero-order chi connectivity index (χ0) is 15.8. The SMILES string of the molecule is CCCC/C(I)=C(\OC(C)=O)c1ccc(NC(C)=O)cc1. The van der Waals surface area contributed by atoms with Crippen molar-refractivity contribution in [1.29, 1.82) is 0 Å². The third-order valence-electron chi connectivity index (χ3n) is 2.71. The van der Waals surface area contributed by atoms with Crippen molar-refractivity contribution < 1.29 is 14.3 Å². The van der Waals surface area contributed by atoms with Gasteiger partial charge in [-0.15, -0.1) is 0 Å². The Bertz CT molecular complexity index is 535. The van der Waals surface area contributed by atoms with Gasteiger partial charge in [0.15, 0.2) is 0 Å². The fourth-order valence-corrected chi connectivity index (χ4v) is 2.57. The van der Waals surface area contributed by atoms with E-state index >= 15 is 0 Å². The van der Waals surface area contributed by atoms with Gasteiger partial charge in [0, 0.05) is 28.7 Å². The maximum atomic E-state index is 11.3. The van der Waals surface area contributed by atoms with E-state index in [1.165, 1.54) is 13.8 Å². The van der Waals surface area contributed by atoms with Crippen molar-refractivity contribution in [2.75, 3.05) is 5.32 Å². The summed E-state index contributed by atoms with van der Waals surface area (Å²) in [5, 5.41) is 2.71. The Balaban J connectivity index is 3.02. The molecule has 0 saturated carbocycles. The summed E-state index contributed by atoms with van der Waals surface area (Å²) in [5.74, 6) is 0.156. The minimum Gasteiger partial charge on any atom is -0.425 e. The van der Waals surface area contributed by atoms with Crippen LogP contribution in [0.2, 0.25) is 0 Å². The van der Waals surface area contributed by atoms with Crippen LogP contribution >= 0.6 is 22.6 Å². The van der Waals surface area contributed by atoms with Crippen LogP contribution in [-0.4, -0.2) is 11.9 Å². The number of esters is 1. The second kappa shape index (κ2) is 8.81. The van der Waals surface area contributed by atoms with E-state index in [-0.39, 0.29) is 11.9 Å². The topological polar surface area (TPSA) is 55.4 Å². The molecule has 0 bridgehead atoms. The van der Waals surface area contributed by atoms with Gasteiger partial charge < -0.3 is 10.1 Å². The van der Waals surface area contributed by atoms with Crippen LogP contribution in [0.3, 0.4) is 0 Å². The normalized spacial score (nSPS) is 11.6. The first-order chi connectivity index (χ1) is 9.93. The van der Waals surface area contributed by atoms with E-state index in [0.29, 0.717) is 5.76 Å². The van der Waals surface area contributed by atoms with E-state index in [2.05, 4.69) is 34.8 Å². The van der Waals surface area contributed by atoms with Crippen LogP contribution in [0, 0.1) is 0 Å². The lowest BCUT2D eigenvalue weighted by molar-refractivity contribution is -0.134. The summed E-state index contributed by atoms with van der Waals surface area (Å²) >= 11 is 2.23. The summed E-state index contributed by atoms with van der Waals surface area (Å²) in [6.07, 6.45) is 3.02. The molecule has 0 aliphatic heterocycles. The second-order valence-electron chi connectivity index (χ2n) is 4.69. The van der Waals surface area contributed by atoms with Gasteiger partial charge in [0.1, 0.15) is 5.76 Å². The summed E-state index contributed by atoms with van der Waals surface area (Å²) in [7, 11) is 0. The lowest BCUT2D eigenvalue weighted by atomic mass is 10.1. The summed E-state index contributed by atoms with van der Waals surface area (Å²) in [4.78, 5) is 22.3. The summed E-state index contributed by atoms with van der Waals surface area (Å²) in [6.45, 7) is 4.98. The molecule has 0 fully saturated rings. The Morgan fingerprint density at radius 2 is 1.81 bits per heavy atom. The maximum absolute atomic E-state index is 11.3. The van der Waals surface area contributed by atoms with Gasteiger partial charge in [0.05, 0.1) is 0 Å². The molecule has 0 atom stereocenters. The molecule has 1 N–H and O–H groups in total. The molecule has 114 valence electrons. The zero-order valence-electron chi connectivity index (χ0n) is 12.5. The van der Waals surface area contributed by atoms with Gasteiger partial charge in [-0.3, -0.25) is 9.59 Å². The third kappa shape index (κ3) is 6.29. The highest BCUT2D eigenvalue weighted by molar-refractivity contribution is 14.1. The first-order valence-electron chi connectivity index (χ1n) is 6.89. The fraction of sp³-hybridized carbons (Fsp3) is 0.375. The van der Waals surface area contributed by atoms with E-state index in [1.54, 1.807) is 12.1 Å². The highest BCUT2D eigenvalue weighted by atomic mass is 127. The quantitative estimate of drug-likeness (QED) is 0.434. The largest absolute Gasteiger partial charge is 0.425 e. The van der Waals surface area contributed by atoms with E-state index < -0.39 is 0 Å². The van der Waals surface area contributed by atoms with E-state index in [1.807, 2.05) is 12.1 Å². The number of anilines is 1. The monoisotopic (exact) mass is 401 g/mol. The van der Waals surface area contributed by atoms with Crippen molar-refractivity contribution in [1.82, 2.24) is 0 Å². The average Bonchev–Trinajstić information content (AvgIpc) is 2.42. The molecule has 5 heteroatoms. The van der Waals surface area contributed by atoms with Crippen molar-refractivity contribution in [3.8, 4) is 0 Å². The molecule has 0 unspecified atom stereocenters. The molecule has 0 aliphatic carbocycles. The molecule has 21 heavy (non-hydrogen) atoms. The Morgan fingerprint density at radius 1 is 1.19 bits per heavy atom. The van der Waals surface area contributed by atoms with Gasteiger partial charge >= 0.3 is 5.97 Å². The number of ether oxygens (including phenoxy) is 1. The molecule has 1 aromatic rings. The number of hydrogen-bond acceptors (Lipinski definition) is 3. The van der Waals surface area contributed by atoms with Crippen molar-refractivity contribution >= 4 is 45.9 Å². The van der Waals surface area contributed by atoms with Crippen molar-refractivity contribution in [3.05, 3.63) is 33.4 Å². The molecule has 0 heterocycles. The minimum absolute atomic E-state index is 0.115. The molecule has 0 radical (unpaired) electrons. The molecular weight excluding hydrogens is 381 g/mol. The highest BCUT2D eigenvalue weighted by Crippen LogP contribution is 2.29. The van der Waals surface area contributed by atoms with Gasteiger partial charge in [-0.05, 0) is 59.7 Å². The van der Waals surface area contributed by atoms with Crippen LogP contribution < -0.4 is 5.32 Å². The van der Waals surface area contributed by atoms with Crippen molar-refractivity contribution in [2.24, 2.45) is 0 Å². The van der Waals surface area contributed by atoms with Crippen molar-refractivity contribution in [3.63, 3.8) is 0 Å². The van der Waals surface area contributed by atoms with Gasteiger partial charge in [-0.25, -0.2) is 0 Å². The van der Waals surface area contributed by atoms with Gasteiger partial charge in [-0.2, -0.15) is 0 Å². The molecule has 0 aliphatic rings. The number of allylic oxidation sites excluding steroid dienone is 1. The Hall–Kier alpha value is -1.37. The lowest BCUT2D eigenvalue weighted by Gasteiger charge is -2.12. The van der Waals surface area contributed by atoms with Gasteiger partial charge in [0.2, 0.25) is 5.91 Å². The number of amides is 1. The number of nitrogens with one attached hydrogen (secondary N) is 1. The standard InChI is InChI=1S/C16H20INO3/c1-4-5-6-15(17)16(21-12(3)20)13-7-9-14(10-8-13)18-11(2)19/h7-10H,4-6H2,1-3H3,(H,18,19)/b16-15+. The molecule has 1 amide bonds. The van der Waals surface area contributed by atoms with Gasteiger partial charge in [0.25, 0.3) is 0 Å². The maximum Gasteiger partial charge on any atom is 0.308 e. The molecular formula is C16H20INO3. The summed E-state index contributed by atoms with van der Waals surface area (Å²) in [6, 6.07) is 7.27. The number of benzene rings is 1. The number of carbonyl (C=O) groups excluding carboxylic acids is 2. The molecule has 0 aromatic heterocycles. The van der Waals surface area contributed by atoms with E-state index in [9.17, 15) is 9.59 Å². The predicted molar refractivity (Wildman–Crippen MR) is 93.0 cm³/mol. The number of hydrogen-bond donors (Lipinski definition) is 1. The van der Waals surface area contributed by atoms with Crippen LogP contribution in [0.5, 0.6) is 0 Å². The number of unbranched alkanes of at least 4 members (excludes halogenated alkanes) is 1. The number of rotatable bonds is 6. The Kier molecular flexibility index (Phi) is 7.42. The molecule has 0 saturated heterocycles. The van der Waals surface area contributed by atoms with E-state index in [0.717, 1.165) is 34.1 Å². The Labute approximate surface area is 139 Å². The fourth-order valence-electron chi connectivity index (χ4n) is 1.77. The van der Waals surface area contributed by atoms with Crippen LogP contribution in [0.1, 0.15) is 45.6 Å². The molecule has 1 rings (SSSR count). The predicted octanol–water partition coefficient (Wildman–Crippen LogP) is 4.50. The molecule has 4 nitrogen and oxygen atoms in total. The zero-order valence-corrected chi connectivity index (χ0v) is 14.7. The average molecular weight is 401 g/mol. The van der Waals surface area contributed by atoms with Crippen LogP contribution in [0.25, 0.3) is 5.76 Å². The second-order valence-corrected chi connectivity index (χ2v) is 5.99. The third-order valence-corrected chi connectivity index (χ3v) is 3.74. The number of carbonyl (C=O) groups is 2. The summed E-state index contributed by atoms with van der Waals surface area (Å²) in [5.41, 5.74) is 1.55. The number of halogens is 1. The van der Waals surface area contributed by atoms with Crippen molar-refractivity contribution in [2.45, 2.75) is 40.0 Å².